The van der Waals surface area contributed by atoms with Crippen molar-refractivity contribution in [3.63, 3.8) is 0 Å². The molecule has 8 heteroatoms. The number of aryl methyl sites for hydroxylation is 1. The molecule has 0 unspecified atom stereocenters. The third-order valence-corrected chi connectivity index (χ3v) is 5.08. The first-order valence-corrected chi connectivity index (χ1v) is 10.00. The van der Waals surface area contributed by atoms with E-state index in [4.69, 9.17) is 21.1 Å². The number of aromatic nitrogens is 1. The summed E-state index contributed by atoms with van der Waals surface area (Å²) < 4.78 is 10.7. The standard InChI is InChI=1S/C21H26ClN3O4/c1-12(2)29-21(27)17-13(3)18(23-14(17)4)20(26)24-16-7-5-6-15(22)19(16)25-8-10-28-11-9-25/h5-7,12,23H,8-11H2,1-4H3,(H,24,26). The van der Waals surface area contributed by atoms with E-state index in [9.17, 15) is 9.59 Å². The summed E-state index contributed by atoms with van der Waals surface area (Å²) in [5, 5.41) is 3.50. The van der Waals surface area contributed by atoms with Crippen molar-refractivity contribution in [2.24, 2.45) is 0 Å². The van der Waals surface area contributed by atoms with Crippen LogP contribution in [0.15, 0.2) is 18.2 Å². The number of hydrogen-bond acceptors (Lipinski definition) is 5. The van der Waals surface area contributed by atoms with Gasteiger partial charge in [-0.1, -0.05) is 17.7 Å². The molecule has 0 bridgehead atoms. The third-order valence-electron chi connectivity index (χ3n) is 4.77. The number of aromatic amines is 1. The lowest BCUT2D eigenvalue weighted by atomic mass is 10.1. The molecular formula is C21H26ClN3O4. The summed E-state index contributed by atoms with van der Waals surface area (Å²) in [5.74, 6) is -0.784. The summed E-state index contributed by atoms with van der Waals surface area (Å²) in [5.41, 5.74) is 3.25. The molecule has 2 N–H and O–H groups in total. The average molecular weight is 420 g/mol. The predicted octanol–water partition coefficient (Wildman–Crippen LogP) is 3.94. The van der Waals surface area contributed by atoms with E-state index in [0.29, 0.717) is 59.5 Å². The number of para-hydroxylation sites is 1. The fourth-order valence-corrected chi connectivity index (χ4v) is 3.76. The van der Waals surface area contributed by atoms with Crippen molar-refractivity contribution in [3.05, 3.63) is 45.7 Å². The highest BCUT2D eigenvalue weighted by Crippen LogP contribution is 2.35. The van der Waals surface area contributed by atoms with Gasteiger partial charge in [0.1, 0.15) is 5.69 Å². The number of anilines is 2. The first kappa shape index (κ1) is 21.2. The van der Waals surface area contributed by atoms with E-state index in [0.717, 1.165) is 5.69 Å². The predicted molar refractivity (Wildman–Crippen MR) is 113 cm³/mol. The number of benzene rings is 1. The molecule has 0 saturated carbocycles. The largest absolute Gasteiger partial charge is 0.459 e. The van der Waals surface area contributed by atoms with Gasteiger partial charge in [-0.3, -0.25) is 4.79 Å². The van der Waals surface area contributed by atoms with E-state index in [1.165, 1.54) is 0 Å². The number of H-pyrrole nitrogens is 1. The normalized spacial score (nSPS) is 14.2. The summed E-state index contributed by atoms with van der Waals surface area (Å²) in [6, 6.07) is 5.40. The Balaban J connectivity index is 1.88. The zero-order valence-electron chi connectivity index (χ0n) is 17.1. The van der Waals surface area contributed by atoms with Crippen molar-refractivity contribution in [1.82, 2.24) is 4.98 Å². The lowest BCUT2D eigenvalue weighted by Gasteiger charge is -2.31. The molecule has 1 amide bonds. The molecule has 0 aliphatic carbocycles. The van der Waals surface area contributed by atoms with Gasteiger partial charge in [-0.15, -0.1) is 0 Å². The van der Waals surface area contributed by atoms with Crippen molar-refractivity contribution < 1.29 is 19.1 Å². The Morgan fingerprint density at radius 2 is 1.93 bits per heavy atom. The zero-order valence-corrected chi connectivity index (χ0v) is 17.9. The van der Waals surface area contributed by atoms with Crippen molar-refractivity contribution in [1.29, 1.82) is 0 Å². The number of amides is 1. The van der Waals surface area contributed by atoms with Crippen LogP contribution < -0.4 is 10.2 Å². The van der Waals surface area contributed by atoms with Crippen LogP contribution in [-0.2, 0) is 9.47 Å². The Bertz CT molecular complexity index is 917. The Morgan fingerprint density at radius 3 is 2.59 bits per heavy atom. The quantitative estimate of drug-likeness (QED) is 0.717. The fraction of sp³-hybridized carbons (Fsp3) is 0.429. The molecule has 2 heterocycles. The van der Waals surface area contributed by atoms with E-state index in [1.54, 1.807) is 39.8 Å². The number of nitrogens with one attached hydrogen (secondary N) is 2. The minimum absolute atomic E-state index is 0.240. The smallest absolute Gasteiger partial charge is 0.340 e. The molecule has 3 rings (SSSR count). The van der Waals surface area contributed by atoms with Crippen LogP contribution in [0.4, 0.5) is 11.4 Å². The van der Waals surface area contributed by atoms with Crippen LogP contribution in [0.3, 0.4) is 0 Å². The van der Waals surface area contributed by atoms with Gasteiger partial charge in [-0.25, -0.2) is 4.79 Å². The number of halogens is 1. The lowest BCUT2D eigenvalue weighted by Crippen LogP contribution is -2.37. The fourth-order valence-electron chi connectivity index (χ4n) is 3.47. The number of esters is 1. The maximum atomic E-state index is 13.0. The minimum Gasteiger partial charge on any atom is -0.459 e. The molecule has 1 aromatic carbocycles. The number of hydrogen-bond donors (Lipinski definition) is 2. The van der Waals surface area contributed by atoms with E-state index >= 15 is 0 Å². The number of ether oxygens (including phenoxy) is 2. The molecule has 1 saturated heterocycles. The van der Waals surface area contributed by atoms with Crippen LogP contribution in [0.2, 0.25) is 5.02 Å². The van der Waals surface area contributed by atoms with Gasteiger partial charge in [0.25, 0.3) is 5.91 Å². The van der Waals surface area contributed by atoms with Crippen LogP contribution in [0.5, 0.6) is 0 Å². The second-order valence-electron chi connectivity index (χ2n) is 7.27. The molecule has 1 aromatic heterocycles. The van der Waals surface area contributed by atoms with Crippen LogP contribution >= 0.6 is 11.6 Å². The SMILES string of the molecule is Cc1[nH]c(C(=O)Nc2cccc(Cl)c2N2CCOCC2)c(C)c1C(=O)OC(C)C. The van der Waals surface area contributed by atoms with Crippen LogP contribution in [0, 0.1) is 13.8 Å². The van der Waals surface area contributed by atoms with Gasteiger partial charge in [0.15, 0.2) is 0 Å². The molecule has 0 atom stereocenters. The second kappa shape index (κ2) is 8.88. The molecule has 0 spiro atoms. The number of carbonyl (C=O) groups is 2. The van der Waals surface area contributed by atoms with Gasteiger partial charge < -0.3 is 24.7 Å². The van der Waals surface area contributed by atoms with E-state index < -0.39 is 5.97 Å². The highest BCUT2D eigenvalue weighted by Gasteiger charge is 2.25. The average Bonchev–Trinajstić information content (AvgIpc) is 2.96. The second-order valence-corrected chi connectivity index (χ2v) is 7.68. The number of carbonyl (C=O) groups excluding carboxylic acids is 2. The van der Waals surface area contributed by atoms with Crippen LogP contribution in [0.1, 0.15) is 46.0 Å². The molecule has 7 nitrogen and oxygen atoms in total. The molecule has 156 valence electrons. The molecule has 1 fully saturated rings. The monoisotopic (exact) mass is 419 g/mol. The highest BCUT2D eigenvalue weighted by molar-refractivity contribution is 6.34. The van der Waals surface area contributed by atoms with Gasteiger partial charge in [0.2, 0.25) is 0 Å². The van der Waals surface area contributed by atoms with Crippen LogP contribution in [-0.4, -0.2) is 49.3 Å². The Hall–Kier alpha value is -2.51. The first-order valence-electron chi connectivity index (χ1n) is 9.62. The van der Waals surface area contributed by atoms with Crippen molar-refractivity contribution in [2.45, 2.75) is 33.8 Å². The van der Waals surface area contributed by atoms with Gasteiger partial charge in [-0.2, -0.15) is 0 Å². The molecule has 1 aliphatic rings. The van der Waals surface area contributed by atoms with Gasteiger partial charge in [0.05, 0.1) is 41.3 Å². The molecule has 2 aromatic rings. The third kappa shape index (κ3) is 4.57. The number of morpholine rings is 1. The van der Waals surface area contributed by atoms with Crippen molar-refractivity contribution in [2.75, 3.05) is 36.5 Å². The Morgan fingerprint density at radius 1 is 1.24 bits per heavy atom. The van der Waals surface area contributed by atoms with Crippen molar-refractivity contribution in [3.8, 4) is 0 Å². The Kier molecular flexibility index (Phi) is 6.49. The van der Waals surface area contributed by atoms with Gasteiger partial charge in [-0.05, 0) is 45.4 Å². The summed E-state index contributed by atoms with van der Waals surface area (Å²) in [6.07, 6.45) is -0.240. The van der Waals surface area contributed by atoms with E-state index in [1.807, 2.05) is 6.07 Å². The van der Waals surface area contributed by atoms with E-state index in [2.05, 4.69) is 15.2 Å². The topological polar surface area (TPSA) is 83.7 Å². The van der Waals surface area contributed by atoms with Crippen molar-refractivity contribution >= 4 is 34.9 Å². The summed E-state index contributed by atoms with van der Waals surface area (Å²) >= 11 is 6.44. The number of nitrogens with zero attached hydrogens (tertiary/aromatic N) is 1. The maximum Gasteiger partial charge on any atom is 0.340 e. The van der Waals surface area contributed by atoms with Gasteiger partial charge >= 0.3 is 5.97 Å². The number of rotatable bonds is 5. The summed E-state index contributed by atoms with van der Waals surface area (Å²) in [6.45, 7) is 9.65. The Labute approximate surface area is 175 Å². The van der Waals surface area contributed by atoms with E-state index in [-0.39, 0.29) is 12.0 Å². The molecular weight excluding hydrogens is 394 g/mol. The minimum atomic E-state index is -0.443. The van der Waals surface area contributed by atoms with Crippen LogP contribution in [0.25, 0.3) is 0 Å². The molecule has 1 aliphatic heterocycles. The lowest BCUT2D eigenvalue weighted by molar-refractivity contribution is 0.0376. The summed E-state index contributed by atoms with van der Waals surface area (Å²) in [4.78, 5) is 30.5. The maximum absolute atomic E-state index is 13.0. The molecule has 29 heavy (non-hydrogen) atoms. The van der Waals surface area contributed by atoms with Gasteiger partial charge in [0, 0.05) is 18.8 Å². The molecule has 0 radical (unpaired) electrons. The highest BCUT2D eigenvalue weighted by atomic mass is 35.5. The zero-order chi connectivity index (χ0) is 21.1. The first-order chi connectivity index (χ1) is 13.8. The summed E-state index contributed by atoms with van der Waals surface area (Å²) in [7, 11) is 0.